The maximum Gasteiger partial charge on any atom is 0.234 e. The van der Waals surface area contributed by atoms with Crippen LogP contribution in [0.2, 0.25) is 5.02 Å². The number of halogens is 1. The summed E-state index contributed by atoms with van der Waals surface area (Å²) < 4.78 is 0. The maximum atomic E-state index is 12.3. The van der Waals surface area contributed by atoms with Gasteiger partial charge in [-0.15, -0.1) is 0 Å². The van der Waals surface area contributed by atoms with Crippen LogP contribution < -0.4 is 10.6 Å². The summed E-state index contributed by atoms with van der Waals surface area (Å²) in [7, 11) is 0. The average molecular weight is 343 g/mol. The van der Waals surface area contributed by atoms with Crippen LogP contribution in [0.3, 0.4) is 0 Å². The molecule has 126 valence electrons. The fraction of sp³-hybridized carbons (Fsp3) is 0.350. The van der Waals surface area contributed by atoms with E-state index in [1.807, 2.05) is 37.3 Å². The molecule has 2 aromatic carbocycles. The van der Waals surface area contributed by atoms with Crippen LogP contribution in [-0.2, 0) is 11.2 Å². The van der Waals surface area contributed by atoms with Crippen molar-refractivity contribution in [1.82, 2.24) is 10.6 Å². The molecule has 1 aliphatic carbocycles. The number of carbonyl (C=O) groups excluding carboxylic acids is 1. The third-order valence-corrected chi connectivity index (χ3v) is 4.99. The lowest BCUT2D eigenvalue weighted by Crippen LogP contribution is -2.38. The normalized spacial score (nSPS) is 17.8. The van der Waals surface area contributed by atoms with Gasteiger partial charge in [0.25, 0.3) is 0 Å². The van der Waals surface area contributed by atoms with Crippen LogP contribution >= 0.6 is 11.6 Å². The van der Waals surface area contributed by atoms with Gasteiger partial charge >= 0.3 is 0 Å². The summed E-state index contributed by atoms with van der Waals surface area (Å²) >= 11 is 6.21. The van der Waals surface area contributed by atoms with Crippen LogP contribution in [0.15, 0.2) is 48.5 Å². The van der Waals surface area contributed by atoms with Gasteiger partial charge in [-0.3, -0.25) is 4.79 Å². The number of hydrogen-bond acceptors (Lipinski definition) is 2. The molecule has 0 aliphatic heterocycles. The fourth-order valence-electron chi connectivity index (χ4n) is 3.33. The molecule has 0 aromatic heterocycles. The summed E-state index contributed by atoms with van der Waals surface area (Å²) in [5, 5.41) is 7.14. The van der Waals surface area contributed by atoms with Crippen molar-refractivity contribution in [1.29, 1.82) is 0 Å². The number of aryl methyl sites for hydroxylation is 1. The zero-order valence-corrected chi connectivity index (χ0v) is 14.6. The highest BCUT2D eigenvalue weighted by molar-refractivity contribution is 6.31. The van der Waals surface area contributed by atoms with E-state index in [1.165, 1.54) is 11.1 Å². The SMILES string of the molecule is CC(NCC(=O)NC1CCCc2ccccc21)c1ccccc1Cl. The number of benzene rings is 2. The van der Waals surface area contributed by atoms with Crippen LogP contribution in [0.5, 0.6) is 0 Å². The van der Waals surface area contributed by atoms with Crippen molar-refractivity contribution in [2.24, 2.45) is 0 Å². The molecule has 2 atom stereocenters. The second-order valence-electron chi connectivity index (χ2n) is 6.34. The minimum atomic E-state index is 0.0237. The van der Waals surface area contributed by atoms with Crippen molar-refractivity contribution < 1.29 is 4.79 Å². The summed E-state index contributed by atoms with van der Waals surface area (Å²) in [4.78, 5) is 12.3. The highest BCUT2D eigenvalue weighted by atomic mass is 35.5. The Kier molecular flexibility index (Phi) is 5.54. The number of carbonyl (C=O) groups is 1. The first-order valence-corrected chi connectivity index (χ1v) is 8.88. The van der Waals surface area contributed by atoms with E-state index < -0.39 is 0 Å². The van der Waals surface area contributed by atoms with Crippen molar-refractivity contribution in [2.75, 3.05) is 6.54 Å². The Hall–Kier alpha value is -1.84. The lowest BCUT2D eigenvalue weighted by atomic mass is 9.88. The van der Waals surface area contributed by atoms with E-state index in [0.29, 0.717) is 0 Å². The number of rotatable bonds is 5. The molecule has 0 saturated heterocycles. The summed E-state index contributed by atoms with van der Waals surface area (Å²) in [6.07, 6.45) is 3.22. The zero-order valence-electron chi connectivity index (χ0n) is 13.9. The Morgan fingerprint density at radius 2 is 1.96 bits per heavy atom. The zero-order chi connectivity index (χ0) is 16.9. The molecule has 2 unspecified atom stereocenters. The number of amides is 1. The molecule has 1 aliphatic rings. The minimum absolute atomic E-state index is 0.0237. The quantitative estimate of drug-likeness (QED) is 0.855. The molecular formula is C20H23ClN2O. The van der Waals surface area contributed by atoms with Crippen molar-refractivity contribution in [3.8, 4) is 0 Å². The molecule has 2 N–H and O–H groups in total. The summed E-state index contributed by atoms with van der Waals surface area (Å²) in [5.41, 5.74) is 3.62. The first kappa shape index (κ1) is 17.0. The van der Waals surface area contributed by atoms with Gasteiger partial charge < -0.3 is 10.6 Å². The molecule has 0 saturated carbocycles. The first-order chi connectivity index (χ1) is 11.6. The van der Waals surface area contributed by atoms with E-state index in [2.05, 4.69) is 28.8 Å². The Morgan fingerprint density at radius 3 is 2.79 bits per heavy atom. The average Bonchev–Trinajstić information content (AvgIpc) is 2.60. The smallest absolute Gasteiger partial charge is 0.234 e. The van der Waals surface area contributed by atoms with Crippen LogP contribution in [0.1, 0.15) is 48.5 Å². The second kappa shape index (κ2) is 7.82. The van der Waals surface area contributed by atoms with E-state index in [1.54, 1.807) is 0 Å². The Labute approximate surface area is 148 Å². The monoisotopic (exact) mass is 342 g/mol. The van der Waals surface area contributed by atoms with E-state index in [-0.39, 0.29) is 24.5 Å². The van der Waals surface area contributed by atoms with Gasteiger partial charge in [0.05, 0.1) is 12.6 Å². The van der Waals surface area contributed by atoms with E-state index in [9.17, 15) is 4.79 Å². The van der Waals surface area contributed by atoms with E-state index in [4.69, 9.17) is 11.6 Å². The minimum Gasteiger partial charge on any atom is -0.348 e. The van der Waals surface area contributed by atoms with Gasteiger partial charge in [-0.05, 0) is 48.9 Å². The summed E-state index contributed by atoms with van der Waals surface area (Å²) in [5.74, 6) is 0.0237. The van der Waals surface area contributed by atoms with Gasteiger partial charge in [0.1, 0.15) is 0 Å². The molecule has 0 heterocycles. The topological polar surface area (TPSA) is 41.1 Å². The van der Waals surface area contributed by atoms with Crippen LogP contribution in [0.4, 0.5) is 0 Å². The fourth-order valence-corrected chi connectivity index (χ4v) is 3.63. The molecular weight excluding hydrogens is 320 g/mol. The van der Waals surface area contributed by atoms with Crippen LogP contribution in [-0.4, -0.2) is 12.5 Å². The maximum absolute atomic E-state index is 12.3. The van der Waals surface area contributed by atoms with Gasteiger partial charge in [-0.25, -0.2) is 0 Å². The number of hydrogen-bond donors (Lipinski definition) is 2. The summed E-state index contributed by atoms with van der Waals surface area (Å²) in [6, 6.07) is 16.3. The van der Waals surface area contributed by atoms with Crippen LogP contribution in [0.25, 0.3) is 0 Å². The molecule has 4 heteroatoms. The molecule has 0 radical (unpaired) electrons. The van der Waals surface area contributed by atoms with Crippen molar-refractivity contribution in [3.05, 3.63) is 70.2 Å². The van der Waals surface area contributed by atoms with Crippen molar-refractivity contribution in [3.63, 3.8) is 0 Å². The van der Waals surface area contributed by atoms with Crippen LogP contribution in [0, 0.1) is 0 Å². The lowest BCUT2D eigenvalue weighted by Gasteiger charge is -2.26. The van der Waals surface area contributed by atoms with Gasteiger partial charge in [-0.1, -0.05) is 54.1 Å². The Bertz CT molecular complexity index is 716. The molecule has 1 amide bonds. The van der Waals surface area contributed by atoms with Gasteiger partial charge in [0, 0.05) is 11.1 Å². The van der Waals surface area contributed by atoms with Gasteiger partial charge in [0.2, 0.25) is 5.91 Å². The molecule has 24 heavy (non-hydrogen) atoms. The lowest BCUT2D eigenvalue weighted by molar-refractivity contribution is -0.121. The molecule has 0 spiro atoms. The molecule has 2 aromatic rings. The van der Waals surface area contributed by atoms with E-state index >= 15 is 0 Å². The number of nitrogens with one attached hydrogen (secondary N) is 2. The molecule has 3 rings (SSSR count). The van der Waals surface area contributed by atoms with E-state index in [0.717, 1.165) is 29.8 Å². The Balaban J connectivity index is 1.56. The highest BCUT2D eigenvalue weighted by Gasteiger charge is 2.21. The largest absolute Gasteiger partial charge is 0.348 e. The third kappa shape index (κ3) is 3.97. The third-order valence-electron chi connectivity index (χ3n) is 4.65. The van der Waals surface area contributed by atoms with Crippen molar-refractivity contribution in [2.45, 2.75) is 38.3 Å². The second-order valence-corrected chi connectivity index (χ2v) is 6.74. The standard InChI is InChI=1S/C20H23ClN2O/c1-14(16-9-4-5-11-18(16)21)22-13-20(24)23-19-12-6-8-15-7-2-3-10-17(15)19/h2-5,7,9-11,14,19,22H,6,8,12-13H2,1H3,(H,23,24). The van der Waals surface area contributed by atoms with Gasteiger partial charge in [-0.2, -0.15) is 0 Å². The highest BCUT2D eigenvalue weighted by Crippen LogP contribution is 2.29. The molecule has 0 fully saturated rings. The predicted octanol–water partition coefficient (Wildman–Crippen LogP) is 4.18. The molecule has 3 nitrogen and oxygen atoms in total. The number of fused-ring (bicyclic) bond motifs is 1. The van der Waals surface area contributed by atoms with Crippen molar-refractivity contribution >= 4 is 17.5 Å². The first-order valence-electron chi connectivity index (χ1n) is 8.50. The predicted molar refractivity (Wildman–Crippen MR) is 98.1 cm³/mol. The summed E-state index contributed by atoms with van der Waals surface area (Å²) in [6.45, 7) is 2.30. The molecule has 0 bridgehead atoms. The van der Waals surface area contributed by atoms with Gasteiger partial charge in [0.15, 0.2) is 0 Å². The Morgan fingerprint density at radius 1 is 1.21 bits per heavy atom.